The predicted molar refractivity (Wildman–Crippen MR) is 81.8 cm³/mol. The van der Waals surface area contributed by atoms with E-state index in [-0.39, 0.29) is 23.9 Å². The van der Waals surface area contributed by atoms with Crippen molar-refractivity contribution in [3.63, 3.8) is 0 Å². The SMILES string of the molecule is CNC(C)c1cccc(NC(=O)N2CCC(C(N)=O)C2)c1. The molecule has 2 atom stereocenters. The number of nitrogens with one attached hydrogen (secondary N) is 2. The van der Waals surface area contributed by atoms with Gasteiger partial charge >= 0.3 is 6.03 Å². The molecule has 0 spiro atoms. The molecule has 1 fully saturated rings. The van der Waals surface area contributed by atoms with Crippen LogP contribution in [0.25, 0.3) is 0 Å². The minimum absolute atomic E-state index is 0.187. The van der Waals surface area contributed by atoms with E-state index in [4.69, 9.17) is 5.73 Å². The van der Waals surface area contributed by atoms with E-state index in [0.29, 0.717) is 19.5 Å². The highest BCUT2D eigenvalue weighted by Gasteiger charge is 2.29. The summed E-state index contributed by atoms with van der Waals surface area (Å²) in [5.74, 6) is -0.568. The molecule has 21 heavy (non-hydrogen) atoms. The zero-order chi connectivity index (χ0) is 15.4. The van der Waals surface area contributed by atoms with Gasteiger partial charge in [-0.25, -0.2) is 4.79 Å². The average Bonchev–Trinajstić information content (AvgIpc) is 2.97. The molecule has 1 aliphatic heterocycles. The number of nitrogens with zero attached hydrogens (tertiary/aromatic N) is 1. The van der Waals surface area contributed by atoms with Crippen LogP contribution in [-0.4, -0.2) is 37.0 Å². The second-order valence-electron chi connectivity index (χ2n) is 5.40. The van der Waals surface area contributed by atoms with Gasteiger partial charge in [0.2, 0.25) is 5.91 Å². The first-order chi connectivity index (χ1) is 10.0. The second-order valence-corrected chi connectivity index (χ2v) is 5.40. The van der Waals surface area contributed by atoms with Crippen LogP contribution in [0.15, 0.2) is 24.3 Å². The van der Waals surface area contributed by atoms with E-state index in [0.717, 1.165) is 11.3 Å². The lowest BCUT2D eigenvalue weighted by molar-refractivity contribution is -0.121. The molecular weight excluding hydrogens is 268 g/mol. The summed E-state index contributed by atoms with van der Waals surface area (Å²) in [6.45, 7) is 3.01. The molecular formula is C15H22N4O2. The highest BCUT2D eigenvalue weighted by molar-refractivity contribution is 5.90. The molecule has 1 heterocycles. The van der Waals surface area contributed by atoms with Crippen molar-refractivity contribution in [3.8, 4) is 0 Å². The fourth-order valence-electron chi connectivity index (χ4n) is 2.43. The van der Waals surface area contributed by atoms with E-state index in [1.165, 1.54) is 0 Å². The number of urea groups is 1. The van der Waals surface area contributed by atoms with Crippen LogP contribution in [0.5, 0.6) is 0 Å². The third-order valence-electron chi connectivity index (χ3n) is 3.95. The van der Waals surface area contributed by atoms with Gasteiger partial charge in [-0.15, -0.1) is 0 Å². The minimum atomic E-state index is -0.338. The summed E-state index contributed by atoms with van der Waals surface area (Å²) in [4.78, 5) is 24.9. The van der Waals surface area contributed by atoms with Crippen LogP contribution in [0.3, 0.4) is 0 Å². The van der Waals surface area contributed by atoms with Gasteiger partial charge in [-0.05, 0) is 38.1 Å². The zero-order valence-corrected chi connectivity index (χ0v) is 12.4. The number of rotatable bonds is 4. The van der Waals surface area contributed by atoms with Crippen molar-refractivity contribution >= 4 is 17.6 Å². The summed E-state index contributed by atoms with van der Waals surface area (Å²) < 4.78 is 0. The Balaban J connectivity index is 1.99. The molecule has 0 saturated carbocycles. The molecule has 2 unspecified atom stereocenters. The zero-order valence-electron chi connectivity index (χ0n) is 12.4. The maximum atomic E-state index is 12.2. The van der Waals surface area contributed by atoms with E-state index in [1.54, 1.807) is 4.90 Å². The van der Waals surface area contributed by atoms with Crippen LogP contribution in [0.2, 0.25) is 0 Å². The van der Waals surface area contributed by atoms with Crippen molar-refractivity contribution in [2.75, 3.05) is 25.5 Å². The summed E-state index contributed by atoms with van der Waals surface area (Å²) in [5, 5.41) is 6.03. The Bertz CT molecular complexity index is 532. The van der Waals surface area contributed by atoms with E-state index in [9.17, 15) is 9.59 Å². The average molecular weight is 290 g/mol. The van der Waals surface area contributed by atoms with Crippen LogP contribution in [0.4, 0.5) is 10.5 Å². The monoisotopic (exact) mass is 290 g/mol. The lowest BCUT2D eigenvalue weighted by Gasteiger charge is -2.18. The molecule has 1 aliphatic rings. The number of benzene rings is 1. The van der Waals surface area contributed by atoms with Crippen molar-refractivity contribution < 1.29 is 9.59 Å². The maximum Gasteiger partial charge on any atom is 0.321 e. The molecule has 0 aromatic heterocycles. The summed E-state index contributed by atoms with van der Waals surface area (Å²) in [7, 11) is 1.89. The summed E-state index contributed by atoms with van der Waals surface area (Å²) in [6, 6.07) is 7.75. The van der Waals surface area contributed by atoms with Gasteiger partial charge in [0.15, 0.2) is 0 Å². The topological polar surface area (TPSA) is 87.5 Å². The van der Waals surface area contributed by atoms with Crippen LogP contribution < -0.4 is 16.4 Å². The molecule has 6 heteroatoms. The lowest BCUT2D eigenvalue weighted by Crippen LogP contribution is -2.34. The predicted octanol–water partition coefficient (Wildman–Crippen LogP) is 1.31. The number of anilines is 1. The number of nitrogens with two attached hydrogens (primary N) is 1. The first-order valence-electron chi connectivity index (χ1n) is 7.13. The smallest absolute Gasteiger partial charge is 0.321 e. The molecule has 6 nitrogen and oxygen atoms in total. The number of amides is 3. The van der Waals surface area contributed by atoms with Gasteiger partial charge in [0.1, 0.15) is 0 Å². The fraction of sp³-hybridized carbons (Fsp3) is 0.467. The molecule has 1 aromatic carbocycles. The molecule has 0 bridgehead atoms. The van der Waals surface area contributed by atoms with Crippen molar-refractivity contribution in [1.82, 2.24) is 10.2 Å². The first-order valence-corrected chi connectivity index (χ1v) is 7.13. The summed E-state index contributed by atoms with van der Waals surface area (Å²) in [6.07, 6.45) is 0.638. The van der Waals surface area contributed by atoms with Crippen molar-refractivity contribution in [2.24, 2.45) is 11.7 Å². The number of likely N-dealkylation sites (tertiary alicyclic amines) is 1. The number of carbonyl (C=O) groups is 2. The second kappa shape index (κ2) is 6.58. The Kier molecular flexibility index (Phi) is 4.80. The van der Waals surface area contributed by atoms with Crippen LogP contribution in [0, 0.1) is 5.92 Å². The van der Waals surface area contributed by atoms with Crippen LogP contribution >= 0.6 is 0 Å². The van der Waals surface area contributed by atoms with Gasteiger partial charge in [-0.1, -0.05) is 12.1 Å². The molecule has 1 aromatic rings. The van der Waals surface area contributed by atoms with Gasteiger partial charge in [-0.3, -0.25) is 4.79 Å². The van der Waals surface area contributed by atoms with E-state index < -0.39 is 0 Å². The van der Waals surface area contributed by atoms with Crippen molar-refractivity contribution in [3.05, 3.63) is 29.8 Å². The molecule has 2 rings (SSSR count). The van der Waals surface area contributed by atoms with Crippen LogP contribution in [0.1, 0.15) is 24.9 Å². The number of hydrogen-bond donors (Lipinski definition) is 3. The van der Waals surface area contributed by atoms with Crippen molar-refractivity contribution in [2.45, 2.75) is 19.4 Å². The summed E-state index contributed by atoms with van der Waals surface area (Å²) in [5.41, 5.74) is 7.13. The normalized spacial score (nSPS) is 19.3. The molecule has 3 amide bonds. The van der Waals surface area contributed by atoms with Gasteiger partial charge in [-0.2, -0.15) is 0 Å². The molecule has 4 N–H and O–H groups in total. The van der Waals surface area contributed by atoms with E-state index in [1.807, 2.05) is 31.3 Å². The van der Waals surface area contributed by atoms with Gasteiger partial charge in [0.05, 0.1) is 5.92 Å². The number of primary amides is 1. The third kappa shape index (κ3) is 3.72. The Labute approximate surface area is 124 Å². The third-order valence-corrected chi connectivity index (χ3v) is 3.95. The maximum absolute atomic E-state index is 12.2. The minimum Gasteiger partial charge on any atom is -0.369 e. The standard InChI is InChI=1S/C15H22N4O2/c1-10(17-2)11-4-3-5-13(8-11)18-15(21)19-7-6-12(9-19)14(16)20/h3-5,8,10,12,17H,6-7,9H2,1-2H3,(H2,16,20)(H,18,21). The molecule has 0 aliphatic carbocycles. The largest absolute Gasteiger partial charge is 0.369 e. The van der Waals surface area contributed by atoms with Gasteiger partial charge in [0.25, 0.3) is 0 Å². The Hall–Kier alpha value is -2.08. The molecule has 114 valence electrons. The Morgan fingerprint density at radius 3 is 2.81 bits per heavy atom. The van der Waals surface area contributed by atoms with Gasteiger partial charge < -0.3 is 21.3 Å². The number of hydrogen-bond acceptors (Lipinski definition) is 3. The fourth-order valence-corrected chi connectivity index (χ4v) is 2.43. The Morgan fingerprint density at radius 2 is 2.19 bits per heavy atom. The highest BCUT2D eigenvalue weighted by Crippen LogP contribution is 2.20. The van der Waals surface area contributed by atoms with Gasteiger partial charge in [0, 0.05) is 24.8 Å². The number of carbonyl (C=O) groups excluding carboxylic acids is 2. The molecule has 0 radical (unpaired) electrons. The first kappa shape index (κ1) is 15.3. The summed E-state index contributed by atoms with van der Waals surface area (Å²) >= 11 is 0. The van der Waals surface area contributed by atoms with Crippen LogP contribution in [-0.2, 0) is 4.79 Å². The van der Waals surface area contributed by atoms with Crippen molar-refractivity contribution in [1.29, 1.82) is 0 Å². The van der Waals surface area contributed by atoms with E-state index >= 15 is 0 Å². The molecule has 1 saturated heterocycles. The Morgan fingerprint density at radius 1 is 1.43 bits per heavy atom. The highest BCUT2D eigenvalue weighted by atomic mass is 16.2. The van der Waals surface area contributed by atoms with E-state index in [2.05, 4.69) is 17.6 Å². The lowest BCUT2D eigenvalue weighted by atomic mass is 10.1. The quantitative estimate of drug-likeness (QED) is 0.781.